The van der Waals surface area contributed by atoms with Crippen LogP contribution in [0.3, 0.4) is 0 Å². The summed E-state index contributed by atoms with van der Waals surface area (Å²) in [5.41, 5.74) is 7.48. The first kappa shape index (κ1) is 29.2. The smallest absolute Gasteiger partial charge is 0.167 e. The van der Waals surface area contributed by atoms with Crippen LogP contribution in [0.25, 0.3) is 115 Å². The maximum absolute atomic E-state index is 6.48. The molecule has 4 aromatic heterocycles. The topological polar surface area (TPSA) is 56.7 Å². The maximum Gasteiger partial charge on any atom is 0.167 e. The predicted molar refractivity (Wildman–Crippen MR) is 222 cm³/mol. The predicted octanol–water partition coefficient (Wildman–Crippen LogP) is 12.8. The lowest BCUT2D eigenvalue weighted by Crippen LogP contribution is -2.03. The normalized spacial score (nSPS) is 12.1. The number of furan rings is 1. The lowest BCUT2D eigenvalue weighted by atomic mass is 9.96. The summed E-state index contributed by atoms with van der Waals surface area (Å²) in [5, 5.41) is 12.6. The van der Waals surface area contributed by atoms with Crippen molar-refractivity contribution in [3.05, 3.63) is 170 Å². The molecule has 0 spiro atoms. The Balaban J connectivity index is 1.17. The Morgan fingerprint density at radius 3 is 2.02 bits per heavy atom. The Morgan fingerprint density at radius 1 is 0.426 bits per heavy atom. The molecular weight excluding hydrogens is 661 g/mol. The highest BCUT2D eigenvalue weighted by Gasteiger charge is 2.21. The standard InChI is InChI=1S/C49H28N4O/c1-2-11-32-27-44-42(26-31(32)10-1)36-23-22-34(33-21-20-30-19-18-29-9-3-4-12-35(29)41(30)25-33)28-43(36)53(44)49-40-16-8-24-50-47(40)51-48(52-49)39-15-7-14-38-37-13-5-6-17-45(37)54-46(38)39/h1-28H. The molecule has 250 valence electrons. The molecule has 0 saturated carbocycles. The fourth-order valence-corrected chi connectivity index (χ4v) is 8.45. The van der Waals surface area contributed by atoms with Crippen molar-refractivity contribution < 1.29 is 4.42 Å². The van der Waals surface area contributed by atoms with Gasteiger partial charge in [0, 0.05) is 27.7 Å². The lowest BCUT2D eigenvalue weighted by Gasteiger charge is -2.13. The summed E-state index contributed by atoms with van der Waals surface area (Å²) in [6.45, 7) is 0. The van der Waals surface area contributed by atoms with Crippen LogP contribution < -0.4 is 0 Å². The molecule has 0 atom stereocenters. The minimum atomic E-state index is 0.564. The molecule has 0 amide bonds. The van der Waals surface area contributed by atoms with Gasteiger partial charge >= 0.3 is 0 Å². The second-order valence-corrected chi connectivity index (χ2v) is 14.0. The van der Waals surface area contributed by atoms with Gasteiger partial charge in [-0.15, -0.1) is 0 Å². The molecule has 0 radical (unpaired) electrons. The van der Waals surface area contributed by atoms with Crippen molar-refractivity contribution in [2.24, 2.45) is 0 Å². The van der Waals surface area contributed by atoms with Gasteiger partial charge in [-0.2, -0.15) is 0 Å². The number of pyridine rings is 1. The van der Waals surface area contributed by atoms with E-state index in [1.165, 1.54) is 32.3 Å². The van der Waals surface area contributed by atoms with Crippen molar-refractivity contribution in [2.45, 2.75) is 0 Å². The molecule has 0 aliphatic rings. The lowest BCUT2D eigenvalue weighted by molar-refractivity contribution is 0.669. The first-order valence-electron chi connectivity index (χ1n) is 18.2. The van der Waals surface area contributed by atoms with Crippen molar-refractivity contribution in [1.29, 1.82) is 0 Å². The number of fused-ring (bicyclic) bond motifs is 11. The number of rotatable bonds is 3. The van der Waals surface area contributed by atoms with Gasteiger partial charge in [-0.1, -0.05) is 115 Å². The van der Waals surface area contributed by atoms with Crippen LogP contribution in [-0.2, 0) is 0 Å². The Kier molecular flexibility index (Phi) is 5.99. The van der Waals surface area contributed by atoms with Crippen LogP contribution in [0.4, 0.5) is 0 Å². The van der Waals surface area contributed by atoms with Crippen LogP contribution in [-0.4, -0.2) is 19.5 Å². The number of hydrogen-bond donors (Lipinski definition) is 0. The number of hydrogen-bond acceptors (Lipinski definition) is 4. The summed E-state index contributed by atoms with van der Waals surface area (Å²) in [6, 6.07) is 58.2. The summed E-state index contributed by atoms with van der Waals surface area (Å²) in [4.78, 5) is 15.3. The molecule has 0 aliphatic carbocycles. The molecule has 8 aromatic carbocycles. The average molecular weight is 689 g/mol. The van der Waals surface area contributed by atoms with Crippen LogP contribution in [0.15, 0.2) is 174 Å². The average Bonchev–Trinajstić information content (AvgIpc) is 3.77. The van der Waals surface area contributed by atoms with E-state index in [2.05, 4.69) is 138 Å². The molecule has 5 heteroatoms. The Bertz CT molecular complexity index is 3520. The molecule has 5 nitrogen and oxygen atoms in total. The first-order chi connectivity index (χ1) is 26.7. The van der Waals surface area contributed by atoms with E-state index in [9.17, 15) is 0 Å². The Hall–Kier alpha value is -7.37. The minimum absolute atomic E-state index is 0.564. The Labute approximate surface area is 308 Å². The molecule has 4 heterocycles. The van der Waals surface area contributed by atoms with E-state index >= 15 is 0 Å². The van der Waals surface area contributed by atoms with Crippen molar-refractivity contribution in [2.75, 3.05) is 0 Å². The molecule has 12 aromatic rings. The molecule has 0 N–H and O–H groups in total. The zero-order valence-corrected chi connectivity index (χ0v) is 28.9. The molecule has 0 aliphatic heterocycles. The zero-order valence-electron chi connectivity index (χ0n) is 28.9. The highest BCUT2D eigenvalue weighted by atomic mass is 16.3. The van der Waals surface area contributed by atoms with Gasteiger partial charge in [0.15, 0.2) is 17.3 Å². The molecule has 0 bridgehead atoms. The number of para-hydroxylation sites is 2. The molecule has 12 rings (SSSR count). The summed E-state index contributed by atoms with van der Waals surface area (Å²) in [5.74, 6) is 1.34. The molecule has 54 heavy (non-hydrogen) atoms. The largest absolute Gasteiger partial charge is 0.455 e. The molecule has 0 fully saturated rings. The molecular formula is C49H28N4O. The van der Waals surface area contributed by atoms with E-state index < -0.39 is 0 Å². The van der Waals surface area contributed by atoms with Crippen molar-refractivity contribution in [1.82, 2.24) is 19.5 Å². The van der Waals surface area contributed by atoms with E-state index in [1.807, 2.05) is 30.3 Å². The van der Waals surface area contributed by atoms with Gasteiger partial charge in [0.1, 0.15) is 11.2 Å². The van der Waals surface area contributed by atoms with Gasteiger partial charge in [0.05, 0.1) is 22.0 Å². The quantitative estimate of drug-likeness (QED) is 0.173. The highest BCUT2D eigenvalue weighted by molar-refractivity contribution is 6.16. The third kappa shape index (κ3) is 4.24. The van der Waals surface area contributed by atoms with Gasteiger partial charge in [0.25, 0.3) is 0 Å². The summed E-state index contributed by atoms with van der Waals surface area (Å²) in [7, 11) is 0. The zero-order chi connectivity index (χ0) is 35.3. The van der Waals surface area contributed by atoms with Crippen LogP contribution in [0.2, 0.25) is 0 Å². The second kappa shape index (κ2) is 11.1. The first-order valence-corrected chi connectivity index (χ1v) is 18.2. The fraction of sp³-hybridized carbons (Fsp3) is 0. The molecule has 0 unspecified atom stereocenters. The number of nitrogens with zero attached hydrogens (tertiary/aromatic N) is 4. The van der Waals surface area contributed by atoms with Crippen molar-refractivity contribution >= 4 is 87.1 Å². The number of aromatic nitrogens is 4. The van der Waals surface area contributed by atoms with Gasteiger partial charge in [-0.05, 0) is 92.0 Å². The van der Waals surface area contributed by atoms with Crippen LogP contribution in [0, 0.1) is 0 Å². The van der Waals surface area contributed by atoms with Gasteiger partial charge in [-0.3, -0.25) is 4.57 Å². The third-order valence-corrected chi connectivity index (χ3v) is 11.0. The van der Waals surface area contributed by atoms with Gasteiger partial charge in [0.2, 0.25) is 0 Å². The van der Waals surface area contributed by atoms with E-state index in [4.69, 9.17) is 19.4 Å². The summed E-state index contributed by atoms with van der Waals surface area (Å²) >= 11 is 0. The highest BCUT2D eigenvalue weighted by Crippen LogP contribution is 2.40. The summed E-state index contributed by atoms with van der Waals surface area (Å²) in [6.07, 6.45) is 1.80. The molecule has 0 saturated heterocycles. The van der Waals surface area contributed by atoms with E-state index in [-0.39, 0.29) is 0 Å². The van der Waals surface area contributed by atoms with E-state index in [0.29, 0.717) is 11.5 Å². The summed E-state index contributed by atoms with van der Waals surface area (Å²) < 4.78 is 8.79. The van der Waals surface area contributed by atoms with Crippen LogP contribution >= 0.6 is 0 Å². The number of benzene rings is 8. The van der Waals surface area contributed by atoms with Gasteiger partial charge < -0.3 is 4.42 Å². The SMILES string of the molecule is c1ccc2cc3c(cc2c1)c1ccc(-c2ccc4ccc5ccccc5c4c2)cc1n3-c1nc(-c2cccc3c2oc2ccccc23)nc2ncccc12. The van der Waals surface area contributed by atoms with Crippen LogP contribution in [0.1, 0.15) is 0 Å². The van der Waals surface area contributed by atoms with Crippen molar-refractivity contribution in [3.8, 4) is 28.3 Å². The minimum Gasteiger partial charge on any atom is -0.455 e. The third-order valence-electron chi connectivity index (χ3n) is 11.0. The van der Waals surface area contributed by atoms with Crippen LogP contribution in [0.5, 0.6) is 0 Å². The van der Waals surface area contributed by atoms with Gasteiger partial charge in [-0.25, -0.2) is 15.0 Å². The second-order valence-electron chi connectivity index (χ2n) is 14.0. The van der Waals surface area contributed by atoms with E-state index in [1.54, 1.807) is 6.20 Å². The maximum atomic E-state index is 6.48. The Morgan fingerprint density at radius 2 is 1.11 bits per heavy atom. The van der Waals surface area contributed by atoms with E-state index in [0.717, 1.165) is 71.6 Å². The monoisotopic (exact) mass is 688 g/mol. The van der Waals surface area contributed by atoms with Crippen molar-refractivity contribution in [3.63, 3.8) is 0 Å². The fourth-order valence-electron chi connectivity index (χ4n) is 8.45.